The SMILES string of the molecule is CCOC(=O)C1CCCN(C(=O)C(N)CC(N)=O)C1. The van der Waals surface area contributed by atoms with E-state index < -0.39 is 11.9 Å². The molecule has 1 aliphatic rings. The highest BCUT2D eigenvalue weighted by molar-refractivity contribution is 5.88. The molecular weight excluding hydrogens is 250 g/mol. The normalized spacial score (nSPS) is 20.7. The van der Waals surface area contributed by atoms with Gasteiger partial charge in [-0.15, -0.1) is 0 Å². The zero-order valence-electron chi connectivity index (χ0n) is 11.1. The highest BCUT2D eigenvalue weighted by atomic mass is 16.5. The molecule has 0 saturated carbocycles. The lowest BCUT2D eigenvalue weighted by Crippen LogP contribution is -2.50. The summed E-state index contributed by atoms with van der Waals surface area (Å²) in [4.78, 5) is 35.9. The lowest BCUT2D eigenvalue weighted by molar-refractivity contribution is -0.151. The number of esters is 1. The molecular formula is C12H21N3O4. The van der Waals surface area contributed by atoms with Crippen molar-refractivity contribution in [3.8, 4) is 0 Å². The fourth-order valence-electron chi connectivity index (χ4n) is 2.17. The molecule has 1 saturated heterocycles. The van der Waals surface area contributed by atoms with E-state index in [1.165, 1.54) is 4.90 Å². The summed E-state index contributed by atoms with van der Waals surface area (Å²) >= 11 is 0. The van der Waals surface area contributed by atoms with E-state index in [-0.39, 0.29) is 24.2 Å². The number of amides is 2. The summed E-state index contributed by atoms with van der Waals surface area (Å²) in [5, 5.41) is 0. The first-order chi connectivity index (χ1) is 8.95. The third-order valence-electron chi connectivity index (χ3n) is 3.09. The van der Waals surface area contributed by atoms with Crippen molar-refractivity contribution in [2.45, 2.75) is 32.2 Å². The number of primary amides is 1. The van der Waals surface area contributed by atoms with Crippen LogP contribution in [-0.4, -0.2) is 48.4 Å². The minimum atomic E-state index is -0.932. The quantitative estimate of drug-likeness (QED) is 0.622. The standard InChI is InChI=1S/C12H21N3O4/c1-2-19-12(18)8-4-3-5-15(7-8)11(17)9(13)6-10(14)16/h8-9H,2-7,13H2,1H3,(H2,14,16). The zero-order chi connectivity index (χ0) is 14.4. The van der Waals surface area contributed by atoms with Gasteiger partial charge < -0.3 is 21.1 Å². The molecule has 2 atom stereocenters. The number of nitrogens with zero attached hydrogens (tertiary/aromatic N) is 1. The van der Waals surface area contributed by atoms with Gasteiger partial charge in [0.1, 0.15) is 0 Å². The Morgan fingerprint density at radius 1 is 1.42 bits per heavy atom. The summed E-state index contributed by atoms with van der Waals surface area (Å²) in [5.74, 6) is -1.55. The molecule has 1 heterocycles. The Labute approximate surface area is 112 Å². The van der Waals surface area contributed by atoms with E-state index in [4.69, 9.17) is 16.2 Å². The molecule has 2 unspecified atom stereocenters. The molecule has 2 amide bonds. The number of carbonyl (C=O) groups is 3. The highest BCUT2D eigenvalue weighted by Crippen LogP contribution is 2.18. The van der Waals surface area contributed by atoms with E-state index in [9.17, 15) is 14.4 Å². The van der Waals surface area contributed by atoms with Crippen LogP contribution in [-0.2, 0) is 19.1 Å². The maximum atomic E-state index is 12.0. The number of likely N-dealkylation sites (tertiary alicyclic amines) is 1. The maximum absolute atomic E-state index is 12.0. The van der Waals surface area contributed by atoms with E-state index >= 15 is 0 Å². The topological polar surface area (TPSA) is 116 Å². The number of piperidine rings is 1. The summed E-state index contributed by atoms with van der Waals surface area (Å²) in [6, 6.07) is -0.932. The summed E-state index contributed by atoms with van der Waals surface area (Å²) in [7, 11) is 0. The Morgan fingerprint density at radius 3 is 2.68 bits per heavy atom. The van der Waals surface area contributed by atoms with Crippen LogP contribution in [0.5, 0.6) is 0 Å². The van der Waals surface area contributed by atoms with E-state index in [0.29, 0.717) is 26.1 Å². The summed E-state index contributed by atoms with van der Waals surface area (Å²) < 4.78 is 4.95. The smallest absolute Gasteiger partial charge is 0.310 e. The fraction of sp³-hybridized carbons (Fsp3) is 0.750. The molecule has 0 aromatic rings. The van der Waals surface area contributed by atoms with Crippen LogP contribution in [0, 0.1) is 5.92 Å². The van der Waals surface area contributed by atoms with Gasteiger partial charge in [-0.05, 0) is 19.8 Å². The van der Waals surface area contributed by atoms with E-state index in [0.717, 1.165) is 6.42 Å². The average Bonchev–Trinajstić information content (AvgIpc) is 2.37. The van der Waals surface area contributed by atoms with Gasteiger partial charge in [-0.25, -0.2) is 0 Å². The number of ether oxygens (including phenoxy) is 1. The largest absolute Gasteiger partial charge is 0.466 e. The summed E-state index contributed by atoms with van der Waals surface area (Å²) in [6.45, 7) is 2.90. The minimum absolute atomic E-state index is 0.181. The molecule has 108 valence electrons. The molecule has 4 N–H and O–H groups in total. The number of carbonyl (C=O) groups excluding carboxylic acids is 3. The van der Waals surface area contributed by atoms with Gasteiger partial charge in [0.25, 0.3) is 0 Å². The number of hydrogen-bond acceptors (Lipinski definition) is 5. The van der Waals surface area contributed by atoms with Crippen molar-refractivity contribution < 1.29 is 19.1 Å². The molecule has 1 rings (SSSR count). The number of rotatable bonds is 5. The van der Waals surface area contributed by atoms with Crippen LogP contribution in [0.15, 0.2) is 0 Å². The van der Waals surface area contributed by atoms with Crippen molar-refractivity contribution >= 4 is 17.8 Å². The third kappa shape index (κ3) is 4.51. The van der Waals surface area contributed by atoms with Crippen molar-refractivity contribution in [2.75, 3.05) is 19.7 Å². The molecule has 0 aliphatic carbocycles. The maximum Gasteiger partial charge on any atom is 0.310 e. The van der Waals surface area contributed by atoms with Crippen LogP contribution in [0.3, 0.4) is 0 Å². The molecule has 1 fully saturated rings. The predicted molar refractivity (Wildman–Crippen MR) is 67.7 cm³/mol. The molecule has 0 spiro atoms. The van der Waals surface area contributed by atoms with Gasteiger partial charge in [0.2, 0.25) is 11.8 Å². The van der Waals surface area contributed by atoms with Crippen LogP contribution in [0.4, 0.5) is 0 Å². The first-order valence-corrected chi connectivity index (χ1v) is 6.45. The van der Waals surface area contributed by atoms with Gasteiger partial charge in [-0.2, -0.15) is 0 Å². The lowest BCUT2D eigenvalue weighted by atomic mass is 9.97. The van der Waals surface area contributed by atoms with Crippen LogP contribution >= 0.6 is 0 Å². The molecule has 7 nitrogen and oxygen atoms in total. The van der Waals surface area contributed by atoms with Gasteiger partial charge in [0.15, 0.2) is 0 Å². The Morgan fingerprint density at radius 2 is 2.11 bits per heavy atom. The second-order valence-corrected chi connectivity index (χ2v) is 4.65. The van der Waals surface area contributed by atoms with Crippen molar-refractivity contribution in [3.63, 3.8) is 0 Å². The Hall–Kier alpha value is -1.63. The molecule has 19 heavy (non-hydrogen) atoms. The second kappa shape index (κ2) is 7.08. The van der Waals surface area contributed by atoms with Crippen LogP contribution in [0.2, 0.25) is 0 Å². The molecule has 0 radical (unpaired) electrons. The van der Waals surface area contributed by atoms with E-state index in [1.54, 1.807) is 6.92 Å². The fourth-order valence-corrected chi connectivity index (χ4v) is 2.17. The first-order valence-electron chi connectivity index (χ1n) is 6.45. The molecule has 1 aliphatic heterocycles. The van der Waals surface area contributed by atoms with Crippen LogP contribution in [0.1, 0.15) is 26.2 Å². The number of hydrogen-bond donors (Lipinski definition) is 2. The van der Waals surface area contributed by atoms with Crippen molar-refractivity contribution in [1.82, 2.24) is 4.90 Å². The van der Waals surface area contributed by atoms with Gasteiger partial charge in [0, 0.05) is 13.1 Å². The zero-order valence-corrected chi connectivity index (χ0v) is 11.1. The van der Waals surface area contributed by atoms with Gasteiger partial charge in [-0.1, -0.05) is 0 Å². The summed E-state index contributed by atoms with van der Waals surface area (Å²) in [6.07, 6.45) is 1.24. The number of nitrogens with two attached hydrogens (primary N) is 2. The van der Waals surface area contributed by atoms with Crippen molar-refractivity contribution in [3.05, 3.63) is 0 Å². The molecule has 7 heteroatoms. The van der Waals surface area contributed by atoms with Crippen LogP contribution < -0.4 is 11.5 Å². The minimum Gasteiger partial charge on any atom is -0.466 e. The van der Waals surface area contributed by atoms with Gasteiger partial charge in [-0.3, -0.25) is 14.4 Å². The Balaban J connectivity index is 2.56. The Kier molecular flexibility index (Phi) is 5.75. The van der Waals surface area contributed by atoms with Gasteiger partial charge in [0.05, 0.1) is 25.0 Å². The lowest BCUT2D eigenvalue weighted by Gasteiger charge is -2.33. The predicted octanol–water partition coefficient (Wildman–Crippen LogP) is -1.01. The monoisotopic (exact) mass is 271 g/mol. The first kappa shape index (κ1) is 15.4. The van der Waals surface area contributed by atoms with Crippen LogP contribution in [0.25, 0.3) is 0 Å². The third-order valence-corrected chi connectivity index (χ3v) is 3.09. The van der Waals surface area contributed by atoms with Crippen molar-refractivity contribution in [1.29, 1.82) is 0 Å². The summed E-state index contributed by atoms with van der Waals surface area (Å²) in [5.41, 5.74) is 10.6. The van der Waals surface area contributed by atoms with E-state index in [1.807, 2.05) is 0 Å². The van der Waals surface area contributed by atoms with Crippen molar-refractivity contribution in [2.24, 2.45) is 17.4 Å². The molecule has 0 aromatic heterocycles. The molecule has 0 aromatic carbocycles. The van der Waals surface area contributed by atoms with E-state index in [2.05, 4.69) is 0 Å². The Bertz CT molecular complexity index is 359. The average molecular weight is 271 g/mol. The second-order valence-electron chi connectivity index (χ2n) is 4.65. The molecule has 0 bridgehead atoms. The highest BCUT2D eigenvalue weighted by Gasteiger charge is 2.31. The van der Waals surface area contributed by atoms with Gasteiger partial charge >= 0.3 is 5.97 Å².